The van der Waals surface area contributed by atoms with Crippen LogP contribution in [0.2, 0.25) is 0 Å². The molecule has 1 aliphatic rings. The Morgan fingerprint density at radius 1 is 1.33 bits per heavy atom. The zero-order chi connectivity index (χ0) is 14.8. The lowest BCUT2D eigenvalue weighted by Crippen LogP contribution is -2.39. The summed E-state index contributed by atoms with van der Waals surface area (Å²) in [5.74, 6) is 0.0472. The van der Waals surface area contributed by atoms with Crippen molar-refractivity contribution in [3.63, 3.8) is 0 Å². The van der Waals surface area contributed by atoms with E-state index in [0.717, 1.165) is 12.8 Å². The van der Waals surface area contributed by atoms with E-state index >= 15 is 0 Å². The molecule has 0 bridgehead atoms. The molecule has 4 nitrogen and oxygen atoms in total. The number of halogens is 1. The second kappa shape index (κ2) is 5.69. The van der Waals surface area contributed by atoms with E-state index in [1.165, 1.54) is 6.07 Å². The van der Waals surface area contributed by atoms with E-state index in [1.54, 1.807) is 35.2 Å². The average molecular weight is 288 g/mol. The molecule has 5 heteroatoms. The molecular weight excluding hydrogens is 271 g/mol. The molecule has 1 amide bonds. The molecule has 2 N–H and O–H groups in total. The van der Waals surface area contributed by atoms with E-state index in [0.29, 0.717) is 24.4 Å². The summed E-state index contributed by atoms with van der Waals surface area (Å²) in [6.07, 6.45) is 1.87. The predicted octanol–water partition coefficient (Wildman–Crippen LogP) is 2.65. The van der Waals surface area contributed by atoms with Crippen LogP contribution >= 0.6 is 0 Å². The maximum absolute atomic E-state index is 13.7. The Morgan fingerprint density at radius 2 is 2.14 bits per heavy atom. The van der Waals surface area contributed by atoms with Gasteiger partial charge in [0.25, 0.3) is 5.91 Å². The van der Waals surface area contributed by atoms with Crippen LogP contribution in [-0.4, -0.2) is 29.9 Å². The summed E-state index contributed by atoms with van der Waals surface area (Å²) < 4.78 is 19.3. The molecule has 3 rings (SSSR count). The van der Waals surface area contributed by atoms with Crippen LogP contribution in [0.15, 0.2) is 40.8 Å². The smallest absolute Gasteiger partial charge is 0.289 e. The third kappa shape index (κ3) is 2.56. The summed E-state index contributed by atoms with van der Waals surface area (Å²) in [7, 11) is 0. The number of furan rings is 1. The van der Waals surface area contributed by atoms with Gasteiger partial charge in [-0.3, -0.25) is 4.79 Å². The minimum absolute atomic E-state index is 0.0690. The summed E-state index contributed by atoms with van der Waals surface area (Å²) in [4.78, 5) is 14.2. The van der Waals surface area contributed by atoms with Gasteiger partial charge in [-0.05, 0) is 37.1 Å². The predicted molar refractivity (Wildman–Crippen MR) is 77.2 cm³/mol. The van der Waals surface area contributed by atoms with Crippen molar-refractivity contribution in [2.45, 2.75) is 18.9 Å². The molecule has 0 spiro atoms. The molecule has 0 saturated carbocycles. The maximum atomic E-state index is 13.7. The zero-order valence-corrected chi connectivity index (χ0v) is 11.6. The summed E-state index contributed by atoms with van der Waals surface area (Å²) >= 11 is 0. The highest BCUT2D eigenvalue weighted by Crippen LogP contribution is 2.27. The van der Waals surface area contributed by atoms with E-state index < -0.39 is 0 Å². The molecule has 110 valence electrons. The number of likely N-dealkylation sites (tertiary alicyclic amines) is 1. The lowest BCUT2D eigenvalue weighted by atomic mass is 10.1. The molecule has 1 fully saturated rings. The second-order valence-corrected chi connectivity index (χ2v) is 5.17. The van der Waals surface area contributed by atoms with Crippen LogP contribution in [0.3, 0.4) is 0 Å². The largest absolute Gasteiger partial charge is 0.451 e. The van der Waals surface area contributed by atoms with Crippen molar-refractivity contribution >= 4 is 5.91 Å². The highest BCUT2D eigenvalue weighted by atomic mass is 19.1. The van der Waals surface area contributed by atoms with Gasteiger partial charge in [0.2, 0.25) is 0 Å². The van der Waals surface area contributed by atoms with E-state index in [1.807, 2.05) is 0 Å². The number of amides is 1. The van der Waals surface area contributed by atoms with Crippen LogP contribution in [0.25, 0.3) is 11.3 Å². The van der Waals surface area contributed by atoms with Crippen molar-refractivity contribution in [3.8, 4) is 11.3 Å². The number of hydrogen-bond acceptors (Lipinski definition) is 3. The van der Waals surface area contributed by atoms with Gasteiger partial charge in [0.1, 0.15) is 11.6 Å². The van der Waals surface area contributed by atoms with Gasteiger partial charge in [0.15, 0.2) is 5.76 Å². The molecule has 2 heterocycles. The Morgan fingerprint density at radius 3 is 2.90 bits per heavy atom. The van der Waals surface area contributed by atoms with Crippen LogP contribution < -0.4 is 5.73 Å². The van der Waals surface area contributed by atoms with E-state index in [2.05, 4.69) is 0 Å². The monoisotopic (exact) mass is 288 g/mol. The Labute approximate surface area is 122 Å². The van der Waals surface area contributed by atoms with Gasteiger partial charge < -0.3 is 15.1 Å². The van der Waals surface area contributed by atoms with E-state index in [4.69, 9.17) is 10.2 Å². The number of rotatable bonds is 3. The van der Waals surface area contributed by atoms with Gasteiger partial charge in [-0.2, -0.15) is 0 Å². The first-order valence-corrected chi connectivity index (χ1v) is 7.06. The first kappa shape index (κ1) is 13.8. The minimum atomic E-state index is -0.369. The van der Waals surface area contributed by atoms with Crippen LogP contribution in [0.4, 0.5) is 4.39 Å². The summed E-state index contributed by atoms with van der Waals surface area (Å²) in [5.41, 5.74) is 6.04. The second-order valence-electron chi connectivity index (χ2n) is 5.17. The van der Waals surface area contributed by atoms with Crippen molar-refractivity contribution in [1.29, 1.82) is 0 Å². The molecule has 0 aliphatic carbocycles. The van der Waals surface area contributed by atoms with Gasteiger partial charge in [0, 0.05) is 19.1 Å². The summed E-state index contributed by atoms with van der Waals surface area (Å²) in [6, 6.07) is 9.62. The fraction of sp³-hybridized carbons (Fsp3) is 0.312. The number of carbonyl (C=O) groups is 1. The number of hydrogen-bond donors (Lipinski definition) is 1. The normalized spacial score (nSPS) is 18.2. The highest BCUT2D eigenvalue weighted by molar-refractivity contribution is 5.92. The summed E-state index contributed by atoms with van der Waals surface area (Å²) in [6.45, 7) is 1.14. The van der Waals surface area contributed by atoms with Gasteiger partial charge in [-0.15, -0.1) is 0 Å². The standard InChI is InChI=1S/C16H17FN2O2/c17-13-6-2-1-5-12(13)14-7-8-15(21-14)16(20)19-9-3-4-11(19)10-18/h1-2,5-8,11H,3-4,9-10,18H2. The molecule has 1 atom stereocenters. The van der Waals surface area contributed by atoms with Crippen molar-refractivity contribution in [3.05, 3.63) is 48.0 Å². The first-order chi connectivity index (χ1) is 10.2. The highest BCUT2D eigenvalue weighted by Gasteiger charge is 2.30. The first-order valence-electron chi connectivity index (χ1n) is 7.06. The fourth-order valence-electron chi connectivity index (χ4n) is 2.75. The molecule has 0 radical (unpaired) electrons. The number of benzene rings is 1. The van der Waals surface area contributed by atoms with Gasteiger partial charge in [-0.1, -0.05) is 12.1 Å². The Balaban J connectivity index is 1.85. The zero-order valence-electron chi connectivity index (χ0n) is 11.6. The molecule has 1 aromatic carbocycles. The average Bonchev–Trinajstić information content (AvgIpc) is 3.16. The van der Waals surface area contributed by atoms with Crippen molar-refractivity contribution in [1.82, 2.24) is 4.90 Å². The quantitative estimate of drug-likeness (QED) is 0.944. The molecular formula is C16H17FN2O2. The molecule has 1 aromatic heterocycles. The third-order valence-corrected chi connectivity index (χ3v) is 3.87. The Hall–Kier alpha value is -2.14. The van der Waals surface area contributed by atoms with E-state index in [-0.39, 0.29) is 23.5 Å². The molecule has 2 aromatic rings. The lowest BCUT2D eigenvalue weighted by Gasteiger charge is -2.22. The maximum Gasteiger partial charge on any atom is 0.289 e. The lowest BCUT2D eigenvalue weighted by molar-refractivity contribution is 0.0710. The van der Waals surface area contributed by atoms with Gasteiger partial charge in [0.05, 0.1) is 5.56 Å². The van der Waals surface area contributed by atoms with Gasteiger partial charge in [-0.25, -0.2) is 4.39 Å². The topological polar surface area (TPSA) is 59.5 Å². The number of carbonyl (C=O) groups excluding carboxylic acids is 1. The van der Waals surface area contributed by atoms with Crippen LogP contribution in [0.5, 0.6) is 0 Å². The summed E-state index contributed by atoms with van der Waals surface area (Å²) in [5, 5.41) is 0. The number of nitrogens with zero attached hydrogens (tertiary/aromatic N) is 1. The van der Waals surface area contributed by atoms with Crippen LogP contribution in [-0.2, 0) is 0 Å². The van der Waals surface area contributed by atoms with Crippen LogP contribution in [0, 0.1) is 5.82 Å². The third-order valence-electron chi connectivity index (χ3n) is 3.87. The van der Waals surface area contributed by atoms with Crippen molar-refractivity contribution in [2.75, 3.05) is 13.1 Å². The van der Waals surface area contributed by atoms with Crippen LogP contribution in [0.1, 0.15) is 23.4 Å². The molecule has 1 aliphatic heterocycles. The molecule has 1 saturated heterocycles. The molecule has 1 unspecified atom stereocenters. The Bertz CT molecular complexity index is 653. The van der Waals surface area contributed by atoms with Gasteiger partial charge >= 0.3 is 0 Å². The minimum Gasteiger partial charge on any atom is -0.451 e. The van der Waals surface area contributed by atoms with E-state index in [9.17, 15) is 9.18 Å². The van der Waals surface area contributed by atoms with Crippen molar-refractivity contribution in [2.24, 2.45) is 5.73 Å². The molecule has 21 heavy (non-hydrogen) atoms. The fourth-order valence-corrected chi connectivity index (χ4v) is 2.75. The number of nitrogens with two attached hydrogens (primary N) is 1. The Kier molecular flexibility index (Phi) is 3.75. The SMILES string of the molecule is NCC1CCCN1C(=O)c1ccc(-c2ccccc2F)o1. The van der Waals surface area contributed by atoms with Crippen molar-refractivity contribution < 1.29 is 13.6 Å².